The summed E-state index contributed by atoms with van der Waals surface area (Å²) in [5, 5.41) is 8.61. The quantitative estimate of drug-likeness (QED) is 0.337. The van der Waals surface area contributed by atoms with E-state index >= 15 is 4.39 Å². The van der Waals surface area contributed by atoms with E-state index in [0.717, 1.165) is 43.6 Å². The third-order valence-electron chi connectivity index (χ3n) is 8.04. The lowest BCUT2D eigenvalue weighted by atomic mass is 9.87. The van der Waals surface area contributed by atoms with Crippen molar-refractivity contribution >= 4 is 11.0 Å². The van der Waals surface area contributed by atoms with Crippen molar-refractivity contribution in [1.29, 1.82) is 0 Å². The van der Waals surface area contributed by atoms with Gasteiger partial charge in [0.05, 0.1) is 10.9 Å². The highest BCUT2D eigenvalue weighted by Crippen LogP contribution is 2.52. The minimum atomic E-state index is -1.76. The number of fused-ring (bicyclic) bond motifs is 1. The van der Waals surface area contributed by atoms with E-state index in [4.69, 9.17) is 4.42 Å². The maximum Gasteiger partial charge on any atom is 0.200 e. The van der Waals surface area contributed by atoms with Gasteiger partial charge in [-0.3, -0.25) is 9.69 Å². The summed E-state index contributed by atoms with van der Waals surface area (Å²) in [4.78, 5) is 16.2. The molecular weight excluding hydrogens is 467 g/mol. The van der Waals surface area contributed by atoms with E-state index in [0.29, 0.717) is 39.4 Å². The predicted molar refractivity (Wildman–Crippen MR) is 142 cm³/mol. The molecule has 1 aliphatic heterocycles. The molecule has 7 heteroatoms. The molecule has 0 unspecified atom stereocenters. The van der Waals surface area contributed by atoms with Crippen molar-refractivity contribution in [3.05, 3.63) is 81.7 Å². The summed E-state index contributed by atoms with van der Waals surface area (Å²) in [6.45, 7) is 7.27. The van der Waals surface area contributed by atoms with Crippen molar-refractivity contribution in [3.63, 3.8) is 0 Å². The number of aryl methyl sites for hydroxylation is 2. The van der Waals surface area contributed by atoms with Crippen LogP contribution >= 0.6 is 0 Å². The topological polar surface area (TPSA) is 64.2 Å². The zero-order chi connectivity index (χ0) is 25.7. The average molecular weight is 501 g/mol. The molecule has 0 N–H and O–H groups in total. The molecule has 2 aromatic heterocycles. The Morgan fingerprint density at radius 2 is 2.03 bits per heavy atom. The Bertz CT molecular complexity index is 1520. The van der Waals surface area contributed by atoms with Crippen molar-refractivity contribution in [2.24, 2.45) is 18.9 Å². The first-order valence-electron chi connectivity index (χ1n) is 13.3. The molecule has 2 aromatic carbocycles. The zero-order valence-electron chi connectivity index (χ0n) is 21.7. The third kappa shape index (κ3) is 4.29. The van der Waals surface area contributed by atoms with Gasteiger partial charge in [0.1, 0.15) is 18.2 Å². The van der Waals surface area contributed by atoms with Crippen LogP contribution in [0.5, 0.6) is 0 Å². The summed E-state index contributed by atoms with van der Waals surface area (Å²) in [5.74, 6) is 0.838. The normalized spacial score (nSPS) is 20.3. The van der Waals surface area contributed by atoms with Crippen molar-refractivity contribution in [1.82, 2.24) is 19.7 Å². The second-order valence-electron chi connectivity index (χ2n) is 11.1. The van der Waals surface area contributed by atoms with Crippen LogP contribution in [0, 0.1) is 18.8 Å². The molecule has 4 aromatic rings. The molecule has 0 amide bonds. The van der Waals surface area contributed by atoms with Crippen LogP contribution in [0.15, 0.2) is 58.2 Å². The van der Waals surface area contributed by atoms with Gasteiger partial charge in [-0.25, -0.2) is 4.39 Å². The number of halogens is 1. The lowest BCUT2D eigenvalue weighted by molar-refractivity contribution is 0.168. The molecule has 0 bridgehead atoms. The Labute approximate surface area is 216 Å². The maximum absolute atomic E-state index is 16.7. The molecule has 6 rings (SSSR count). The number of hydrogen-bond acceptors (Lipinski definition) is 5. The van der Waals surface area contributed by atoms with Gasteiger partial charge in [-0.15, -0.1) is 10.2 Å². The van der Waals surface area contributed by atoms with Crippen molar-refractivity contribution in [3.8, 4) is 11.1 Å². The summed E-state index contributed by atoms with van der Waals surface area (Å²) in [5.41, 5.74) is 2.41. The van der Waals surface area contributed by atoms with E-state index in [1.807, 2.05) is 19.1 Å². The monoisotopic (exact) mass is 500 g/mol. The highest BCUT2D eigenvalue weighted by molar-refractivity contribution is 5.84. The Kier molecular flexibility index (Phi) is 5.98. The highest BCUT2D eigenvalue weighted by Gasteiger charge is 2.51. The molecule has 1 saturated heterocycles. The van der Waals surface area contributed by atoms with Crippen LogP contribution in [-0.4, -0.2) is 32.8 Å². The molecule has 2 aliphatic rings. The number of nitrogens with zero attached hydrogens (tertiary/aromatic N) is 4. The first-order chi connectivity index (χ1) is 17.8. The summed E-state index contributed by atoms with van der Waals surface area (Å²) in [7, 11) is 1.76. The Morgan fingerprint density at radius 1 is 1.19 bits per heavy atom. The van der Waals surface area contributed by atoms with E-state index in [9.17, 15) is 4.79 Å². The number of rotatable bonds is 6. The molecule has 2 fully saturated rings. The lowest BCUT2D eigenvalue weighted by Gasteiger charge is -2.30. The minimum absolute atomic E-state index is 0.0927. The summed E-state index contributed by atoms with van der Waals surface area (Å²) >= 11 is 0. The molecule has 0 radical (unpaired) electrons. The number of aromatic nitrogens is 3. The van der Waals surface area contributed by atoms with Gasteiger partial charge in [-0.2, -0.15) is 0 Å². The van der Waals surface area contributed by atoms with E-state index in [2.05, 4.69) is 28.1 Å². The standard InChI is InChI=1S/C30H33FN4O2/c1-19-6-5-11-35(15-19)16-21-12-20(2)28-25(13-21)27(36)26(17-37-28)22-7-4-8-24(14-22)30(31,23-9-10-23)29-33-32-18-34(29)3/h4,7-8,12-14,17-19,23H,5-6,9-11,15-16H2,1-3H3/t19-,30-/m0/s1. The first kappa shape index (κ1) is 24.0. The van der Waals surface area contributed by atoms with Gasteiger partial charge in [0.2, 0.25) is 5.43 Å². The van der Waals surface area contributed by atoms with Gasteiger partial charge in [-0.1, -0.05) is 31.2 Å². The predicted octanol–water partition coefficient (Wildman–Crippen LogP) is 5.75. The molecule has 3 heterocycles. The Morgan fingerprint density at radius 3 is 2.76 bits per heavy atom. The third-order valence-corrected chi connectivity index (χ3v) is 8.04. The van der Waals surface area contributed by atoms with E-state index < -0.39 is 5.67 Å². The fraction of sp³-hybridized carbons (Fsp3) is 0.433. The molecule has 0 spiro atoms. The summed E-state index contributed by atoms with van der Waals surface area (Å²) in [6.07, 6.45) is 7.12. The Hall–Kier alpha value is -3.32. The van der Waals surface area contributed by atoms with Crippen LogP contribution in [0.25, 0.3) is 22.1 Å². The molecular formula is C30H33FN4O2. The largest absolute Gasteiger partial charge is 0.463 e. The van der Waals surface area contributed by atoms with Crippen LogP contribution in [0.3, 0.4) is 0 Å². The zero-order valence-corrected chi connectivity index (χ0v) is 21.7. The van der Waals surface area contributed by atoms with Crippen LogP contribution in [0.4, 0.5) is 4.39 Å². The second kappa shape index (κ2) is 9.21. The van der Waals surface area contributed by atoms with Gasteiger partial charge >= 0.3 is 0 Å². The van der Waals surface area contributed by atoms with Crippen molar-refractivity contribution in [2.45, 2.75) is 51.7 Å². The summed E-state index contributed by atoms with van der Waals surface area (Å²) in [6, 6.07) is 11.3. The van der Waals surface area contributed by atoms with Gasteiger partial charge < -0.3 is 8.98 Å². The number of benzene rings is 2. The van der Waals surface area contributed by atoms with Crippen molar-refractivity contribution in [2.75, 3.05) is 13.1 Å². The summed E-state index contributed by atoms with van der Waals surface area (Å²) < 4.78 is 24.4. The molecule has 1 aliphatic carbocycles. The number of likely N-dealkylation sites (tertiary alicyclic amines) is 1. The van der Waals surface area contributed by atoms with Crippen LogP contribution in [0.2, 0.25) is 0 Å². The molecule has 2 atom stereocenters. The fourth-order valence-corrected chi connectivity index (χ4v) is 6.02. The second-order valence-corrected chi connectivity index (χ2v) is 11.1. The molecule has 192 valence electrons. The van der Waals surface area contributed by atoms with Crippen molar-refractivity contribution < 1.29 is 8.81 Å². The lowest BCUT2D eigenvalue weighted by Crippen LogP contribution is -2.33. The maximum atomic E-state index is 16.7. The highest BCUT2D eigenvalue weighted by atomic mass is 19.1. The first-order valence-corrected chi connectivity index (χ1v) is 13.3. The SMILES string of the molecule is Cc1cc(CN2CCC[C@H](C)C2)cc2c(=O)c(-c3cccc([C@](F)(c4nncn4C)C4CC4)c3)coc12. The number of piperidine rings is 1. The van der Waals surface area contributed by atoms with Crippen LogP contribution in [0.1, 0.15) is 55.1 Å². The number of alkyl halides is 1. The fourth-order valence-electron chi connectivity index (χ4n) is 6.02. The average Bonchev–Trinajstić information content (AvgIpc) is 3.65. The Balaban J connectivity index is 1.40. The van der Waals surface area contributed by atoms with Gasteiger partial charge in [0.15, 0.2) is 11.5 Å². The minimum Gasteiger partial charge on any atom is -0.463 e. The van der Waals surface area contributed by atoms with Crippen LogP contribution in [-0.2, 0) is 19.3 Å². The number of hydrogen-bond donors (Lipinski definition) is 0. The molecule has 6 nitrogen and oxygen atoms in total. The van der Waals surface area contributed by atoms with Gasteiger partial charge in [-0.05, 0) is 79.5 Å². The van der Waals surface area contributed by atoms with Gasteiger partial charge in [0, 0.05) is 26.1 Å². The molecule has 1 saturated carbocycles. The van der Waals surface area contributed by atoms with Crippen LogP contribution < -0.4 is 5.43 Å². The van der Waals surface area contributed by atoms with E-state index in [1.54, 1.807) is 29.8 Å². The smallest absolute Gasteiger partial charge is 0.200 e. The van der Waals surface area contributed by atoms with E-state index in [-0.39, 0.29) is 11.3 Å². The molecule has 37 heavy (non-hydrogen) atoms. The van der Waals surface area contributed by atoms with E-state index in [1.165, 1.54) is 25.4 Å². The van der Waals surface area contributed by atoms with Gasteiger partial charge in [0.25, 0.3) is 0 Å².